The van der Waals surface area contributed by atoms with E-state index in [1.807, 2.05) is 13.8 Å². The Morgan fingerprint density at radius 3 is 2.27 bits per heavy atom. The Bertz CT molecular complexity index is 642. The first-order valence-corrected chi connectivity index (χ1v) is 13.1. The average molecular weight is 486 g/mol. The Morgan fingerprint density at radius 1 is 1.03 bits per heavy atom. The highest BCUT2D eigenvalue weighted by Crippen LogP contribution is 2.30. The molecule has 0 bridgehead atoms. The van der Waals surface area contributed by atoms with Crippen LogP contribution >= 0.6 is 11.8 Å². The maximum atomic E-state index is 13.4. The zero-order valence-electron chi connectivity index (χ0n) is 20.9. The summed E-state index contributed by atoms with van der Waals surface area (Å²) in [5, 5.41) is 8.58. The number of esters is 1. The van der Waals surface area contributed by atoms with Crippen molar-refractivity contribution in [3.05, 3.63) is 0 Å². The number of nitrogens with one attached hydrogen (secondary N) is 3. The van der Waals surface area contributed by atoms with E-state index in [0.29, 0.717) is 13.0 Å². The first kappa shape index (κ1) is 29.4. The highest BCUT2D eigenvalue weighted by atomic mass is 32.2. The fraction of sp³-hybridized carbons (Fsp3) is 0.833. The highest BCUT2D eigenvalue weighted by Gasteiger charge is 2.36. The van der Waals surface area contributed by atoms with E-state index < -0.39 is 23.2 Å². The summed E-state index contributed by atoms with van der Waals surface area (Å²) in [7, 11) is 0. The number of carbonyl (C=O) groups is 4. The van der Waals surface area contributed by atoms with Crippen molar-refractivity contribution in [2.45, 2.75) is 97.0 Å². The van der Waals surface area contributed by atoms with Crippen molar-refractivity contribution in [1.29, 1.82) is 0 Å². The SMILES string of the molecule is CC(=O)SC(CC(=O)OC(C)C)C(C(=O)NC1CCCCNCCCCCNC1=O)C(C)C. The molecule has 33 heavy (non-hydrogen) atoms. The van der Waals surface area contributed by atoms with Crippen LogP contribution in [0.1, 0.15) is 79.6 Å². The van der Waals surface area contributed by atoms with Crippen LogP contribution in [0.2, 0.25) is 0 Å². The van der Waals surface area contributed by atoms with Crippen LogP contribution in [0.5, 0.6) is 0 Å². The third-order valence-electron chi connectivity index (χ3n) is 5.53. The van der Waals surface area contributed by atoms with E-state index in [9.17, 15) is 19.2 Å². The maximum Gasteiger partial charge on any atom is 0.307 e. The van der Waals surface area contributed by atoms with Crippen LogP contribution in [0.25, 0.3) is 0 Å². The fourth-order valence-corrected chi connectivity index (χ4v) is 5.21. The fourth-order valence-electron chi connectivity index (χ4n) is 3.98. The Hall–Kier alpha value is -1.61. The predicted octanol–water partition coefficient (Wildman–Crippen LogP) is 2.79. The van der Waals surface area contributed by atoms with Gasteiger partial charge in [0, 0.05) is 18.7 Å². The summed E-state index contributed by atoms with van der Waals surface area (Å²) in [6, 6.07) is -0.634. The quantitative estimate of drug-likeness (QED) is 0.453. The molecular weight excluding hydrogens is 442 g/mol. The molecule has 8 nitrogen and oxygen atoms in total. The lowest BCUT2D eigenvalue weighted by Crippen LogP contribution is -2.51. The molecule has 0 spiro atoms. The second-order valence-electron chi connectivity index (χ2n) is 9.32. The molecule has 1 fully saturated rings. The predicted molar refractivity (Wildman–Crippen MR) is 132 cm³/mol. The summed E-state index contributed by atoms with van der Waals surface area (Å²) in [4.78, 5) is 50.4. The van der Waals surface area contributed by atoms with Gasteiger partial charge in [-0.3, -0.25) is 19.2 Å². The van der Waals surface area contributed by atoms with Gasteiger partial charge in [0.05, 0.1) is 18.4 Å². The van der Waals surface area contributed by atoms with Crippen molar-refractivity contribution < 1.29 is 23.9 Å². The summed E-state index contributed by atoms with van der Waals surface area (Å²) in [5.41, 5.74) is 0. The molecule has 1 aliphatic heterocycles. The van der Waals surface area contributed by atoms with Crippen LogP contribution in [0.4, 0.5) is 0 Å². The third kappa shape index (κ3) is 12.4. The maximum absolute atomic E-state index is 13.4. The average Bonchev–Trinajstić information content (AvgIpc) is 2.70. The first-order valence-electron chi connectivity index (χ1n) is 12.3. The smallest absolute Gasteiger partial charge is 0.307 e. The van der Waals surface area contributed by atoms with Crippen LogP contribution < -0.4 is 16.0 Å². The van der Waals surface area contributed by atoms with Crippen LogP contribution in [0, 0.1) is 11.8 Å². The molecule has 0 aliphatic carbocycles. The highest BCUT2D eigenvalue weighted by molar-refractivity contribution is 8.14. The Labute approximate surface area is 203 Å². The van der Waals surface area contributed by atoms with Gasteiger partial charge in [-0.1, -0.05) is 32.0 Å². The normalized spacial score (nSPS) is 20.6. The van der Waals surface area contributed by atoms with Gasteiger partial charge in [-0.15, -0.1) is 0 Å². The van der Waals surface area contributed by atoms with Gasteiger partial charge in [-0.2, -0.15) is 0 Å². The van der Waals surface area contributed by atoms with E-state index in [4.69, 9.17) is 4.74 Å². The standard InChI is InChI=1S/C24H43N3O5S/c1-16(2)22(20(33-18(5)28)15-21(29)32-17(3)4)24(31)27-19-11-7-10-13-25-12-8-6-9-14-26-23(19)30/h16-17,19-20,22,25H,6-15H2,1-5H3,(H,26,30)(H,27,31). The molecule has 0 aromatic carbocycles. The molecule has 3 unspecified atom stereocenters. The summed E-state index contributed by atoms with van der Waals surface area (Å²) in [6.45, 7) is 11.2. The summed E-state index contributed by atoms with van der Waals surface area (Å²) < 4.78 is 5.26. The van der Waals surface area contributed by atoms with Crippen molar-refractivity contribution in [1.82, 2.24) is 16.0 Å². The summed E-state index contributed by atoms with van der Waals surface area (Å²) in [5.74, 6) is -1.65. The lowest BCUT2D eigenvalue weighted by atomic mass is 9.89. The van der Waals surface area contributed by atoms with Crippen molar-refractivity contribution in [3.8, 4) is 0 Å². The minimum absolute atomic E-state index is 0.0405. The third-order valence-corrected chi connectivity index (χ3v) is 6.63. The molecule has 3 N–H and O–H groups in total. The molecule has 9 heteroatoms. The van der Waals surface area contributed by atoms with E-state index >= 15 is 0 Å². The molecule has 0 radical (unpaired) electrons. The largest absolute Gasteiger partial charge is 0.463 e. The molecule has 3 atom stereocenters. The summed E-state index contributed by atoms with van der Waals surface area (Å²) in [6.07, 6.45) is 4.99. The minimum Gasteiger partial charge on any atom is -0.463 e. The molecule has 0 aromatic rings. The van der Waals surface area contributed by atoms with Gasteiger partial charge < -0.3 is 20.7 Å². The molecule has 1 rings (SSSR count). The molecule has 0 aromatic heterocycles. The van der Waals surface area contributed by atoms with Gasteiger partial charge in [0.25, 0.3) is 0 Å². The number of rotatable bonds is 8. The Morgan fingerprint density at radius 2 is 1.67 bits per heavy atom. The molecule has 2 amide bonds. The number of thioether (sulfide) groups is 1. The molecule has 1 aliphatic rings. The number of carbonyl (C=O) groups excluding carboxylic acids is 4. The Kier molecular flexibility index (Phi) is 14.3. The summed E-state index contributed by atoms with van der Waals surface area (Å²) >= 11 is 0.994. The first-order chi connectivity index (χ1) is 15.6. The van der Waals surface area contributed by atoms with Crippen molar-refractivity contribution in [2.24, 2.45) is 11.8 Å². The van der Waals surface area contributed by atoms with E-state index in [-0.39, 0.29) is 35.4 Å². The molecule has 1 saturated heterocycles. The van der Waals surface area contributed by atoms with Gasteiger partial charge in [0.1, 0.15) is 6.04 Å². The number of ether oxygens (including phenoxy) is 1. The van der Waals surface area contributed by atoms with Gasteiger partial charge in [-0.05, 0) is 65.0 Å². The Balaban J connectivity index is 2.96. The molecule has 1 heterocycles. The monoisotopic (exact) mass is 485 g/mol. The minimum atomic E-state index is -0.634. The van der Waals surface area contributed by atoms with Crippen LogP contribution in [0.15, 0.2) is 0 Å². The van der Waals surface area contributed by atoms with Crippen molar-refractivity contribution >= 4 is 34.7 Å². The van der Waals surface area contributed by atoms with Crippen molar-refractivity contribution in [2.75, 3.05) is 19.6 Å². The van der Waals surface area contributed by atoms with E-state index in [2.05, 4.69) is 16.0 Å². The second kappa shape index (κ2) is 16.1. The lowest BCUT2D eigenvalue weighted by molar-refractivity contribution is -0.147. The lowest BCUT2D eigenvalue weighted by Gasteiger charge is -2.29. The topological polar surface area (TPSA) is 114 Å². The number of hydrogen-bond donors (Lipinski definition) is 3. The zero-order valence-corrected chi connectivity index (χ0v) is 21.7. The van der Waals surface area contributed by atoms with Gasteiger partial charge >= 0.3 is 5.97 Å². The molecule has 0 saturated carbocycles. The van der Waals surface area contributed by atoms with Crippen LogP contribution in [-0.2, 0) is 23.9 Å². The van der Waals surface area contributed by atoms with Crippen molar-refractivity contribution in [3.63, 3.8) is 0 Å². The van der Waals surface area contributed by atoms with Gasteiger partial charge in [0.2, 0.25) is 11.8 Å². The number of hydrogen-bond acceptors (Lipinski definition) is 7. The second-order valence-corrected chi connectivity index (χ2v) is 10.7. The van der Waals surface area contributed by atoms with Gasteiger partial charge in [0.15, 0.2) is 5.12 Å². The van der Waals surface area contributed by atoms with Crippen LogP contribution in [-0.4, -0.2) is 59.9 Å². The van der Waals surface area contributed by atoms with E-state index in [1.165, 1.54) is 6.92 Å². The van der Waals surface area contributed by atoms with E-state index in [1.54, 1.807) is 13.8 Å². The van der Waals surface area contributed by atoms with E-state index in [0.717, 1.165) is 57.0 Å². The molecular formula is C24H43N3O5S. The zero-order chi connectivity index (χ0) is 24.8. The molecule has 190 valence electrons. The van der Waals surface area contributed by atoms with Crippen LogP contribution in [0.3, 0.4) is 0 Å². The number of amides is 2. The van der Waals surface area contributed by atoms with Gasteiger partial charge in [-0.25, -0.2) is 0 Å².